The van der Waals surface area contributed by atoms with E-state index in [0.717, 1.165) is 0 Å². The van der Waals surface area contributed by atoms with Crippen LogP contribution in [0.3, 0.4) is 0 Å². The van der Waals surface area contributed by atoms with Crippen LogP contribution in [0.2, 0.25) is 0 Å². The Morgan fingerprint density at radius 1 is 1.06 bits per heavy atom. The molecule has 8 nitrogen and oxygen atoms in total. The van der Waals surface area contributed by atoms with Gasteiger partial charge in [0.15, 0.2) is 11.5 Å². The summed E-state index contributed by atoms with van der Waals surface area (Å²) in [4.78, 5) is 40.1. The van der Waals surface area contributed by atoms with Gasteiger partial charge in [0.05, 0.1) is 32.2 Å². The van der Waals surface area contributed by atoms with Crippen molar-refractivity contribution in [3.8, 4) is 0 Å². The standard InChI is InChI=1S/C23H26N2O6/c1-5-25-16(4)20(15(3)21(25)23(28)29-6-2)18(26)14-24(13-17-9-7-11-30-17)22(27)19-10-8-12-31-19/h7-12H,5-6,13-14H2,1-4H3. The molecule has 8 heteroatoms. The molecule has 31 heavy (non-hydrogen) atoms. The van der Waals surface area contributed by atoms with E-state index >= 15 is 0 Å². The van der Waals surface area contributed by atoms with Crippen LogP contribution < -0.4 is 0 Å². The van der Waals surface area contributed by atoms with E-state index in [1.807, 2.05) is 6.92 Å². The summed E-state index contributed by atoms with van der Waals surface area (Å²) in [7, 11) is 0. The molecule has 0 fully saturated rings. The van der Waals surface area contributed by atoms with Crippen LogP contribution in [0.25, 0.3) is 0 Å². The van der Waals surface area contributed by atoms with Gasteiger partial charge >= 0.3 is 5.97 Å². The first-order valence-corrected chi connectivity index (χ1v) is 10.1. The number of ketones is 1. The molecule has 0 aliphatic carbocycles. The number of carbonyl (C=O) groups excluding carboxylic acids is 3. The molecule has 0 aliphatic heterocycles. The first-order chi connectivity index (χ1) is 14.9. The summed E-state index contributed by atoms with van der Waals surface area (Å²) in [5.74, 6) is -0.501. The number of rotatable bonds is 9. The average molecular weight is 426 g/mol. The molecule has 1 amide bonds. The average Bonchev–Trinajstić information content (AvgIpc) is 3.48. The van der Waals surface area contributed by atoms with Gasteiger partial charge in [-0.3, -0.25) is 9.59 Å². The van der Waals surface area contributed by atoms with Crippen molar-refractivity contribution < 1.29 is 28.0 Å². The lowest BCUT2D eigenvalue weighted by molar-refractivity contribution is 0.0512. The lowest BCUT2D eigenvalue weighted by Gasteiger charge is -2.20. The number of Topliss-reactive ketones (excluding diaryl/α,β-unsaturated/α-hetero) is 1. The SMILES string of the molecule is CCOC(=O)c1c(C)c(C(=O)CN(Cc2ccco2)C(=O)c2ccco2)c(C)n1CC. The minimum atomic E-state index is -0.469. The number of amides is 1. The number of nitrogens with zero attached hydrogens (tertiary/aromatic N) is 2. The van der Waals surface area contributed by atoms with Gasteiger partial charge in [-0.05, 0) is 57.5 Å². The fraction of sp³-hybridized carbons (Fsp3) is 0.348. The summed E-state index contributed by atoms with van der Waals surface area (Å²) in [5.41, 5.74) is 1.99. The third-order valence-corrected chi connectivity index (χ3v) is 5.11. The van der Waals surface area contributed by atoms with Crippen LogP contribution in [0.5, 0.6) is 0 Å². The smallest absolute Gasteiger partial charge is 0.355 e. The molecular formula is C23H26N2O6. The van der Waals surface area contributed by atoms with Crippen molar-refractivity contribution in [3.63, 3.8) is 0 Å². The number of ether oxygens (including phenoxy) is 1. The second kappa shape index (κ2) is 9.51. The van der Waals surface area contributed by atoms with Crippen LogP contribution in [0.4, 0.5) is 0 Å². The molecule has 0 spiro atoms. The third-order valence-electron chi connectivity index (χ3n) is 5.11. The normalized spacial score (nSPS) is 10.8. The molecule has 3 aromatic heterocycles. The van der Waals surface area contributed by atoms with Gasteiger partial charge < -0.3 is 23.0 Å². The fourth-order valence-corrected chi connectivity index (χ4v) is 3.76. The first kappa shape index (κ1) is 22.1. The zero-order valence-corrected chi connectivity index (χ0v) is 18.1. The molecule has 0 saturated carbocycles. The van der Waals surface area contributed by atoms with Crippen LogP contribution in [0, 0.1) is 13.8 Å². The Hall–Kier alpha value is -3.55. The lowest BCUT2D eigenvalue weighted by Crippen LogP contribution is -2.35. The summed E-state index contributed by atoms with van der Waals surface area (Å²) in [6.45, 7) is 7.81. The van der Waals surface area contributed by atoms with Gasteiger partial charge in [0.1, 0.15) is 11.5 Å². The van der Waals surface area contributed by atoms with Gasteiger partial charge in [0.2, 0.25) is 0 Å². The van der Waals surface area contributed by atoms with Gasteiger partial charge in [-0.1, -0.05) is 0 Å². The van der Waals surface area contributed by atoms with Crippen LogP contribution >= 0.6 is 0 Å². The highest BCUT2D eigenvalue weighted by Crippen LogP contribution is 2.25. The Labute approximate surface area is 180 Å². The summed E-state index contributed by atoms with van der Waals surface area (Å²) in [5, 5.41) is 0. The van der Waals surface area contributed by atoms with E-state index in [4.69, 9.17) is 13.6 Å². The molecule has 0 unspecified atom stereocenters. The number of hydrogen-bond donors (Lipinski definition) is 0. The minimum absolute atomic E-state index is 0.107. The van der Waals surface area contributed by atoms with Gasteiger partial charge in [-0.25, -0.2) is 4.79 Å². The first-order valence-electron chi connectivity index (χ1n) is 10.1. The Morgan fingerprint density at radius 2 is 1.77 bits per heavy atom. The molecule has 0 aliphatic rings. The zero-order valence-electron chi connectivity index (χ0n) is 18.1. The minimum Gasteiger partial charge on any atom is -0.467 e. The number of esters is 1. The zero-order chi connectivity index (χ0) is 22.5. The van der Waals surface area contributed by atoms with Crippen molar-refractivity contribution in [1.29, 1.82) is 0 Å². The molecular weight excluding hydrogens is 400 g/mol. The quantitative estimate of drug-likeness (QED) is 0.379. The predicted molar refractivity (Wildman–Crippen MR) is 112 cm³/mol. The fourth-order valence-electron chi connectivity index (χ4n) is 3.76. The Kier molecular flexibility index (Phi) is 6.79. The highest BCUT2D eigenvalue weighted by molar-refractivity contribution is 6.05. The summed E-state index contributed by atoms with van der Waals surface area (Å²) in [6.07, 6.45) is 2.91. The molecule has 0 radical (unpaired) electrons. The van der Waals surface area contributed by atoms with Crippen molar-refractivity contribution in [2.24, 2.45) is 0 Å². The number of hydrogen-bond acceptors (Lipinski definition) is 6. The number of aromatic nitrogens is 1. The largest absolute Gasteiger partial charge is 0.467 e. The van der Waals surface area contributed by atoms with Gasteiger partial charge in [-0.2, -0.15) is 0 Å². The Morgan fingerprint density at radius 3 is 2.35 bits per heavy atom. The monoisotopic (exact) mass is 426 g/mol. The maximum Gasteiger partial charge on any atom is 0.355 e. The molecule has 0 saturated heterocycles. The van der Waals surface area contributed by atoms with E-state index in [1.54, 1.807) is 49.6 Å². The van der Waals surface area contributed by atoms with Crippen LogP contribution in [0.1, 0.15) is 62.3 Å². The van der Waals surface area contributed by atoms with Gasteiger partial charge in [0, 0.05) is 17.8 Å². The second-order valence-electron chi connectivity index (χ2n) is 7.04. The van der Waals surface area contributed by atoms with E-state index in [0.29, 0.717) is 34.8 Å². The maximum absolute atomic E-state index is 13.3. The van der Waals surface area contributed by atoms with Crippen molar-refractivity contribution in [3.05, 3.63) is 70.8 Å². The van der Waals surface area contributed by atoms with E-state index in [-0.39, 0.29) is 31.2 Å². The molecule has 3 heterocycles. The van der Waals surface area contributed by atoms with E-state index in [9.17, 15) is 14.4 Å². The maximum atomic E-state index is 13.3. The summed E-state index contributed by atoms with van der Waals surface area (Å²) < 4.78 is 17.5. The topological polar surface area (TPSA) is 94.9 Å². The second-order valence-corrected chi connectivity index (χ2v) is 7.04. The molecule has 3 aromatic rings. The number of carbonyl (C=O) groups is 3. The number of furan rings is 2. The predicted octanol–water partition coefficient (Wildman–Crippen LogP) is 4.01. The van der Waals surface area contributed by atoms with E-state index in [1.165, 1.54) is 17.4 Å². The van der Waals surface area contributed by atoms with E-state index in [2.05, 4.69) is 0 Å². The highest BCUT2D eigenvalue weighted by Gasteiger charge is 2.29. The lowest BCUT2D eigenvalue weighted by atomic mass is 10.0. The van der Waals surface area contributed by atoms with Crippen LogP contribution in [-0.2, 0) is 17.8 Å². The molecule has 3 rings (SSSR count). The molecule has 0 bridgehead atoms. The summed E-state index contributed by atoms with van der Waals surface area (Å²) in [6, 6.07) is 6.61. The van der Waals surface area contributed by atoms with Crippen LogP contribution in [-0.4, -0.2) is 40.3 Å². The van der Waals surface area contributed by atoms with Crippen LogP contribution in [0.15, 0.2) is 45.6 Å². The van der Waals surface area contributed by atoms with E-state index < -0.39 is 11.9 Å². The summed E-state index contributed by atoms with van der Waals surface area (Å²) >= 11 is 0. The van der Waals surface area contributed by atoms with Crippen molar-refractivity contribution in [2.45, 2.75) is 40.8 Å². The molecule has 0 aromatic carbocycles. The molecule has 0 atom stereocenters. The van der Waals surface area contributed by atoms with Crippen molar-refractivity contribution in [2.75, 3.05) is 13.2 Å². The van der Waals surface area contributed by atoms with Crippen molar-refractivity contribution in [1.82, 2.24) is 9.47 Å². The van der Waals surface area contributed by atoms with Gasteiger partial charge in [0.25, 0.3) is 5.91 Å². The third kappa shape index (κ3) is 4.47. The Balaban J connectivity index is 1.94. The Bertz CT molecular complexity index is 1060. The van der Waals surface area contributed by atoms with Crippen molar-refractivity contribution >= 4 is 17.7 Å². The molecule has 164 valence electrons. The highest BCUT2D eigenvalue weighted by atomic mass is 16.5. The molecule has 0 N–H and O–H groups in total. The van der Waals surface area contributed by atoms with Gasteiger partial charge in [-0.15, -0.1) is 0 Å².